The van der Waals surface area contributed by atoms with Gasteiger partial charge in [-0.1, -0.05) is 44.7 Å². The molecule has 1 amide bonds. The minimum atomic E-state index is -0.486. The molecule has 1 aromatic heterocycles. The Morgan fingerprint density at radius 2 is 1.86 bits per heavy atom. The predicted molar refractivity (Wildman–Crippen MR) is 89.3 cm³/mol. The summed E-state index contributed by atoms with van der Waals surface area (Å²) in [6.45, 7) is 7.89. The monoisotopic (exact) mass is 301 g/mol. The van der Waals surface area contributed by atoms with Crippen LogP contribution in [0.4, 0.5) is 5.00 Å². The van der Waals surface area contributed by atoms with E-state index in [1.54, 1.807) is 6.07 Å². The fourth-order valence-electron chi connectivity index (χ4n) is 1.99. The van der Waals surface area contributed by atoms with Crippen LogP contribution in [0, 0.1) is 0 Å². The summed E-state index contributed by atoms with van der Waals surface area (Å²) in [5.74, 6) is 0.280. The van der Waals surface area contributed by atoms with Gasteiger partial charge in [-0.2, -0.15) is 0 Å². The Morgan fingerprint density at radius 1 is 1.24 bits per heavy atom. The molecule has 0 saturated heterocycles. The van der Waals surface area contributed by atoms with Crippen molar-refractivity contribution in [1.29, 1.82) is 0 Å². The lowest BCUT2D eigenvalue weighted by Crippen LogP contribution is -2.14. The highest BCUT2D eigenvalue weighted by atomic mass is 32.1. The second kappa shape index (κ2) is 6.01. The molecule has 0 saturated carbocycles. The molecule has 5 heteroatoms. The highest BCUT2D eigenvalue weighted by Crippen LogP contribution is 2.36. The molecule has 1 aromatic carbocycles. The molecule has 0 aliphatic rings. The van der Waals surface area contributed by atoms with Crippen molar-refractivity contribution in [2.75, 3.05) is 5.32 Å². The molecule has 110 valence electrons. The molecule has 5 N–H and O–H groups in total. The van der Waals surface area contributed by atoms with E-state index < -0.39 is 5.91 Å². The van der Waals surface area contributed by atoms with Gasteiger partial charge in [-0.15, -0.1) is 11.3 Å². The Hall–Kier alpha value is -2.27. The van der Waals surface area contributed by atoms with Crippen molar-refractivity contribution in [2.45, 2.75) is 19.8 Å². The fraction of sp³-hybridized carbons (Fsp3) is 0.188. The van der Waals surface area contributed by atoms with Crippen LogP contribution in [-0.4, -0.2) is 5.91 Å². The van der Waals surface area contributed by atoms with Crippen LogP contribution in [0.2, 0.25) is 0 Å². The van der Waals surface area contributed by atoms with E-state index in [0.29, 0.717) is 16.5 Å². The quantitative estimate of drug-likeness (QED) is 0.791. The van der Waals surface area contributed by atoms with Crippen LogP contribution in [0.25, 0.3) is 10.4 Å². The Bertz CT molecular complexity index is 671. The Morgan fingerprint density at radius 3 is 2.33 bits per heavy atom. The Labute approximate surface area is 128 Å². The zero-order valence-corrected chi connectivity index (χ0v) is 13.0. The lowest BCUT2D eigenvalue weighted by atomic mass is 10.0. The first-order valence-corrected chi connectivity index (χ1v) is 7.45. The van der Waals surface area contributed by atoms with E-state index in [1.807, 2.05) is 12.1 Å². The lowest BCUT2D eigenvalue weighted by Gasteiger charge is -2.05. The molecule has 0 spiro atoms. The van der Waals surface area contributed by atoms with Gasteiger partial charge >= 0.3 is 0 Å². The smallest absolute Gasteiger partial charge is 0.251 e. The van der Waals surface area contributed by atoms with Crippen molar-refractivity contribution in [3.8, 4) is 10.4 Å². The maximum absolute atomic E-state index is 11.5. The first kappa shape index (κ1) is 15.1. The largest absolute Gasteiger partial charge is 0.386 e. The Kier molecular flexibility index (Phi) is 4.33. The number of hydrogen-bond donors (Lipinski definition) is 3. The highest BCUT2D eigenvalue weighted by Gasteiger charge is 2.15. The van der Waals surface area contributed by atoms with E-state index in [-0.39, 0.29) is 5.82 Å². The van der Waals surface area contributed by atoms with Crippen LogP contribution in [0.1, 0.15) is 35.7 Å². The fourth-order valence-corrected chi connectivity index (χ4v) is 3.09. The zero-order valence-electron chi connectivity index (χ0n) is 12.1. The van der Waals surface area contributed by atoms with Crippen molar-refractivity contribution in [3.05, 3.63) is 53.9 Å². The standard InChI is InChI=1S/C16H19N3OS/c1-9(2)11-4-6-12(7-5-11)14-8-13(15(18)20)16(21-14)19-10(3)17/h4-9,19H,3,17H2,1-2H3,(H2,18,20). The molecule has 0 bridgehead atoms. The van der Waals surface area contributed by atoms with Gasteiger partial charge in [-0.25, -0.2) is 0 Å². The van der Waals surface area contributed by atoms with Gasteiger partial charge in [0.1, 0.15) is 5.00 Å². The minimum Gasteiger partial charge on any atom is -0.386 e. The average molecular weight is 301 g/mol. The van der Waals surface area contributed by atoms with Crippen molar-refractivity contribution in [3.63, 3.8) is 0 Å². The maximum Gasteiger partial charge on any atom is 0.251 e. The van der Waals surface area contributed by atoms with E-state index >= 15 is 0 Å². The van der Waals surface area contributed by atoms with Crippen molar-refractivity contribution in [1.82, 2.24) is 0 Å². The van der Waals surface area contributed by atoms with Crippen LogP contribution in [0.3, 0.4) is 0 Å². The minimum absolute atomic E-state index is 0.279. The third-order valence-electron chi connectivity index (χ3n) is 3.13. The summed E-state index contributed by atoms with van der Waals surface area (Å²) >= 11 is 1.43. The molecular weight excluding hydrogens is 282 g/mol. The number of primary amides is 1. The van der Waals surface area contributed by atoms with Crippen LogP contribution < -0.4 is 16.8 Å². The number of benzene rings is 1. The van der Waals surface area contributed by atoms with Crippen LogP contribution in [0.15, 0.2) is 42.7 Å². The summed E-state index contributed by atoms with van der Waals surface area (Å²) in [6, 6.07) is 10.1. The van der Waals surface area contributed by atoms with Crippen molar-refractivity contribution in [2.24, 2.45) is 11.5 Å². The molecule has 0 aliphatic heterocycles. The van der Waals surface area contributed by atoms with Crippen molar-refractivity contribution < 1.29 is 4.79 Å². The molecular formula is C16H19N3OS. The normalized spacial score (nSPS) is 10.6. The van der Waals surface area contributed by atoms with Gasteiger partial charge in [0.15, 0.2) is 0 Å². The SMILES string of the molecule is C=C(N)Nc1sc(-c2ccc(C(C)C)cc2)cc1C(N)=O. The number of rotatable bonds is 5. The van der Waals surface area contributed by atoms with Crippen LogP contribution in [0.5, 0.6) is 0 Å². The summed E-state index contributed by atoms with van der Waals surface area (Å²) in [6.07, 6.45) is 0. The molecule has 2 aromatic rings. The van der Waals surface area contributed by atoms with Gasteiger partial charge in [0.2, 0.25) is 0 Å². The molecule has 1 heterocycles. The van der Waals surface area contributed by atoms with Gasteiger partial charge in [0.05, 0.1) is 11.4 Å². The molecule has 0 atom stereocenters. The summed E-state index contributed by atoms with van der Waals surface area (Å²) in [7, 11) is 0. The van der Waals surface area contributed by atoms with Gasteiger partial charge in [-0.05, 0) is 23.1 Å². The summed E-state index contributed by atoms with van der Waals surface area (Å²) < 4.78 is 0. The number of amides is 1. The summed E-state index contributed by atoms with van der Waals surface area (Å²) in [4.78, 5) is 12.5. The van der Waals surface area contributed by atoms with E-state index in [4.69, 9.17) is 11.5 Å². The van der Waals surface area contributed by atoms with Gasteiger partial charge in [0.25, 0.3) is 5.91 Å². The van der Waals surface area contributed by atoms with Crippen LogP contribution in [-0.2, 0) is 0 Å². The molecule has 21 heavy (non-hydrogen) atoms. The topological polar surface area (TPSA) is 81.1 Å². The van der Waals surface area contributed by atoms with Gasteiger partial charge in [0, 0.05) is 4.88 Å². The van der Waals surface area contributed by atoms with Gasteiger partial charge in [-0.3, -0.25) is 4.79 Å². The molecule has 4 nitrogen and oxygen atoms in total. The van der Waals surface area contributed by atoms with Crippen LogP contribution >= 0.6 is 11.3 Å². The van der Waals surface area contributed by atoms with Crippen molar-refractivity contribution >= 4 is 22.2 Å². The number of nitrogens with two attached hydrogens (primary N) is 2. The van der Waals surface area contributed by atoms with E-state index in [1.165, 1.54) is 16.9 Å². The summed E-state index contributed by atoms with van der Waals surface area (Å²) in [5, 5.41) is 3.50. The first-order valence-electron chi connectivity index (χ1n) is 6.64. The highest BCUT2D eigenvalue weighted by molar-refractivity contribution is 7.19. The van der Waals surface area contributed by atoms with E-state index in [9.17, 15) is 4.79 Å². The molecule has 0 aliphatic carbocycles. The molecule has 0 unspecified atom stereocenters. The number of carbonyl (C=O) groups is 1. The van der Waals surface area contributed by atoms with Gasteiger partial charge < -0.3 is 16.8 Å². The third kappa shape index (κ3) is 3.44. The summed E-state index contributed by atoms with van der Waals surface area (Å²) in [5.41, 5.74) is 13.7. The lowest BCUT2D eigenvalue weighted by molar-refractivity contribution is 0.100. The maximum atomic E-state index is 11.5. The second-order valence-corrected chi connectivity index (χ2v) is 6.20. The molecule has 0 radical (unpaired) electrons. The number of thiophene rings is 1. The number of carbonyl (C=O) groups excluding carboxylic acids is 1. The third-order valence-corrected chi connectivity index (χ3v) is 4.23. The number of anilines is 1. The second-order valence-electron chi connectivity index (χ2n) is 5.14. The Balaban J connectivity index is 2.39. The molecule has 2 rings (SSSR count). The zero-order chi connectivity index (χ0) is 15.6. The number of nitrogens with one attached hydrogen (secondary N) is 1. The first-order chi connectivity index (χ1) is 9.88. The van der Waals surface area contributed by atoms with E-state index in [2.05, 4.69) is 37.9 Å². The molecule has 0 fully saturated rings. The average Bonchev–Trinajstić information content (AvgIpc) is 2.82. The predicted octanol–water partition coefficient (Wildman–Crippen LogP) is 3.48. The number of hydrogen-bond acceptors (Lipinski definition) is 4. The van der Waals surface area contributed by atoms with E-state index in [0.717, 1.165) is 10.4 Å².